The summed E-state index contributed by atoms with van der Waals surface area (Å²) in [5, 5.41) is 2.72. The normalized spacial score (nSPS) is 12.0. The molecule has 0 spiro atoms. The van der Waals surface area contributed by atoms with E-state index in [9.17, 15) is 14.4 Å². The first kappa shape index (κ1) is 50.1. The molecule has 0 saturated heterocycles. The molecule has 1 N–H and O–H groups in total. The zero-order chi connectivity index (χ0) is 38.9. The largest absolute Gasteiger partial charge is 0.462 e. The fraction of sp³-hybridized carbons (Fsp3) is 0.756. The molecule has 0 unspecified atom stereocenters. The summed E-state index contributed by atoms with van der Waals surface area (Å²) in [5.41, 5.74) is 0. The molecule has 53 heavy (non-hydrogen) atoms. The van der Waals surface area contributed by atoms with Crippen LogP contribution in [0, 0.1) is 0 Å². The van der Waals surface area contributed by atoms with Gasteiger partial charge in [-0.25, -0.2) is 4.79 Å². The standard InChI is InChI=1S/C45H80N2O6/c1-5-8-10-12-14-16-18-20-22-24-26-28-30-32-34-36-43(48)51-40-42(53-45(50)46-38-39-47(4)7-3)41-52-44(49)37-35-33-31-29-27-25-23-21-19-17-15-13-11-9-6-2/h14-17,20-23,42H,5-13,18-19,24-41H2,1-4H3,(H,46,50)/b16-14-,17-15-,22-20-,23-21-. The van der Waals surface area contributed by atoms with Crippen molar-refractivity contribution in [2.24, 2.45) is 0 Å². The van der Waals surface area contributed by atoms with E-state index in [0.717, 1.165) is 96.4 Å². The molecule has 0 aliphatic rings. The first-order chi connectivity index (χ1) is 25.9. The van der Waals surface area contributed by atoms with Gasteiger partial charge >= 0.3 is 18.0 Å². The third-order valence-corrected chi connectivity index (χ3v) is 9.10. The smallest absolute Gasteiger partial charge is 0.407 e. The Hall–Kier alpha value is -2.87. The molecule has 0 aliphatic carbocycles. The van der Waals surface area contributed by atoms with E-state index in [2.05, 4.69) is 72.7 Å². The SMILES string of the molecule is CCCCC/C=C\C/C=C\CCCCCCCC(=O)OCC(COC(=O)CCCCCCC/C=C\C/C=C\CCCCC)OC(=O)NCCN(C)CC. The number of amides is 1. The molecule has 306 valence electrons. The van der Waals surface area contributed by atoms with Crippen molar-refractivity contribution in [1.82, 2.24) is 10.2 Å². The van der Waals surface area contributed by atoms with E-state index in [1.165, 1.54) is 51.4 Å². The summed E-state index contributed by atoms with van der Waals surface area (Å²) in [6, 6.07) is 0. The van der Waals surface area contributed by atoms with Gasteiger partial charge < -0.3 is 24.4 Å². The molecule has 1 amide bonds. The summed E-state index contributed by atoms with van der Waals surface area (Å²) in [6.07, 6.45) is 41.8. The Bertz CT molecular complexity index is 914. The number of nitrogens with one attached hydrogen (secondary N) is 1. The summed E-state index contributed by atoms with van der Waals surface area (Å²) in [7, 11) is 1.97. The van der Waals surface area contributed by atoms with Crippen molar-refractivity contribution in [2.45, 2.75) is 181 Å². The van der Waals surface area contributed by atoms with E-state index in [0.29, 0.717) is 25.9 Å². The number of hydrogen-bond donors (Lipinski definition) is 1. The fourth-order valence-corrected chi connectivity index (χ4v) is 5.49. The minimum Gasteiger partial charge on any atom is -0.462 e. The number of esters is 2. The monoisotopic (exact) mass is 745 g/mol. The van der Waals surface area contributed by atoms with Crippen molar-refractivity contribution >= 4 is 18.0 Å². The Labute approximate surface area is 325 Å². The lowest BCUT2D eigenvalue weighted by molar-refractivity contribution is -0.152. The van der Waals surface area contributed by atoms with Crippen LogP contribution in [0.3, 0.4) is 0 Å². The summed E-state index contributed by atoms with van der Waals surface area (Å²) in [6.45, 7) is 8.20. The highest BCUT2D eigenvalue weighted by atomic mass is 16.6. The Morgan fingerprint density at radius 1 is 0.547 bits per heavy atom. The van der Waals surface area contributed by atoms with Crippen LogP contribution in [0.25, 0.3) is 0 Å². The lowest BCUT2D eigenvalue weighted by Crippen LogP contribution is -2.38. The predicted octanol–water partition coefficient (Wildman–Crippen LogP) is 11.7. The van der Waals surface area contributed by atoms with Gasteiger partial charge in [-0.2, -0.15) is 0 Å². The number of nitrogens with zero attached hydrogens (tertiary/aromatic N) is 1. The number of rotatable bonds is 37. The molecule has 8 nitrogen and oxygen atoms in total. The van der Waals surface area contributed by atoms with Crippen molar-refractivity contribution in [3.8, 4) is 0 Å². The van der Waals surface area contributed by atoms with Gasteiger partial charge in [0.25, 0.3) is 0 Å². The van der Waals surface area contributed by atoms with E-state index >= 15 is 0 Å². The molecule has 0 aliphatic heterocycles. The van der Waals surface area contributed by atoms with Gasteiger partial charge in [-0.3, -0.25) is 9.59 Å². The lowest BCUT2D eigenvalue weighted by Gasteiger charge is -2.19. The number of allylic oxidation sites excluding steroid dienone is 8. The summed E-state index contributed by atoms with van der Waals surface area (Å²) in [4.78, 5) is 39.4. The van der Waals surface area contributed by atoms with Crippen LogP contribution in [-0.2, 0) is 23.8 Å². The average Bonchev–Trinajstić information content (AvgIpc) is 3.15. The number of unbranched alkanes of at least 4 members (excludes halogenated alkanes) is 16. The van der Waals surface area contributed by atoms with E-state index in [-0.39, 0.29) is 25.2 Å². The maximum Gasteiger partial charge on any atom is 0.407 e. The van der Waals surface area contributed by atoms with Crippen LogP contribution in [0.5, 0.6) is 0 Å². The quantitative estimate of drug-likeness (QED) is 0.0293. The number of carbonyl (C=O) groups is 3. The molecule has 0 aromatic rings. The van der Waals surface area contributed by atoms with Crippen molar-refractivity contribution in [2.75, 3.05) is 39.9 Å². The highest BCUT2D eigenvalue weighted by molar-refractivity contribution is 5.70. The molecule has 8 heteroatoms. The van der Waals surface area contributed by atoms with Crippen LogP contribution in [0.15, 0.2) is 48.6 Å². The number of alkyl carbamates (subject to hydrolysis) is 1. The van der Waals surface area contributed by atoms with E-state index < -0.39 is 12.2 Å². The molecule has 0 heterocycles. The topological polar surface area (TPSA) is 94.2 Å². The van der Waals surface area contributed by atoms with Crippen molar-refractivity contribution in [3.05, 3.63) is 48.6 Å². The molecule has 0 bridgehead atoms. The van der Waals surface area contributed by atoms with Gasteiger partial charge in [-0.15, -0.1) is 0 Å². The Balaban J connectivity index is 4.26. The molecule has 0 aromatic carbocycles. The zero-order valence-corrected chi connectivity index (χ0v) is 34.6. The fourth-order valence-electron chi connectivity index (χ4n) is 5.49. The number of carbonyl (C=O) groups excluding carboxylic acids is 3. The van der Waals surface area contributed by atoms with Crippen LogP contribution in [0.4, 0.5) is 4.79 Å². The molecule has 0 fully saturated rings. The zero-order valence-electron chi connectivity index (χ0n) is 34.6. The molecule has 0 rings (SSSR count). The Morgan fingerprint density at radius 2 is 0.943 bits per heavy atom. The van der Waals surface area contributed by atoms with Crippen molar-refractivity contribution in [1.29, 1.82) is 0 Å². The van der Waals surface area contributed by atoms with Gasteiger partial charge in [0.2, 0.25) is 0 Å². The summed E-state index contributed by atoms with van der Waals surface area (Å²) >= 11 is 0. The van der Waals surface area contributed by atoms with Gasteiger partial charge in [0.05, 0.1) is 0 Å². The summed E-state index contributed by atoms with van der Waals surface area (Å²) < 4.78 is 16.4. The molecule has 0 atom stereocenters. The van der Waals surface area contributed by atoms with Crippen LogP contribution in [0.1, 0.15) is 175 Å². The predicted molar refractivity (Wildman–Crippen MR) is 222 cm³/mol. The van der Waals surface area contributed by atoms with Crippen LogP contribution >= 0.6 is 0 Å². The molecular formula is C45H80N2O6. The van der Waals surface area contributed by atoms with Crippen LogP contribution < -0.4 is 5.32 Å². The van der Waals surface area contributed by atoms with Gasteiger partial charge in [0.15, 0.2) is 6.10 Å². The van der Waals surface area contributed by atoms with Gasteiger partial charge in [0, 0.05) is 25.9 Å². The van der Waals surface area contributed by atoms with Crippen LogP contribution in [-0.4, -0.2) is 68.9 Å². The van der Waals surface area contributed by atoms with Gasteiger partial charge in [-0.05, 0) is 90.6 Å². The number of likely N-dealkylation sites (N-methyl/N-ethyl adjacent to an activating group) is 1. The Morgan fingerprint density at radius 3 is 1.36 bits per heavy atom. The van der Waals surface area contributed by atoms with E-state index in [4.69, 9.17) is 14.2 Å². The van der Waals surface area contributed by atoms with E-state index in [1.54, 1.807) is 0 Å². The van der Waals surface area contributed by atoms with Gasteiger partial charge in [-0.1, -0.05) is 134 Å². The minimum atomic E-state index is -0.860. The van der Waals surface area contributed by atoms with Gasteiger partial charge in [0.1, 0.15) is 13.2 Å². The molecule has 0 radical (unpaired) electrons. The Kier molecular flexibility index (Phi) is 38.1. The highest BCUT2D eigenvalue weighted by Crippen LogP contribution is 2.11. The first-order valence-corrected chi connectivity index (χ1v) is 21.5. The highest BCUT2D eigenvalue weighted by Gasteiger charge is 2.19. The summed E-state index contributed by atoms with van der Waals surface area (Å²) in [5.74, 6) is -0.656. The van der Waals surface area contributed by atoms with Crippen molar-refractivity contribution < 1.29 is 28.6 Å². The third-order valence-electron chi connectivity index (χ3n) is 9.10. The lowest BCUT2D eigenvalue weighted by atomic mass is 10.1. The van der Waals surface area contributed by atoms with E-state index in [1.807, 2.05) is 14.0 Å². The number of ether oxygens (including phenoxy) is 3. The molecule has 0 aromatic heterocycles. The maximum absolute atomic E-state index is 12.4. The van der Waals surface area contributed by atoms with Crippen LogP contribution in [0.2, 0.25) is 0 Å². The average molecular weight is 745 g/mol. The minimum absolute atomic E-state index is 0.141. The first-order valence-electron chi connectivity index (χ1n) is 21.5. The third kappa shape index (κ3) is 38.7. The van der Waals surface area contributed by atoms with Crippen molar-refractivity contribution in [3.63, 3.8) is 0 Å². The second-order valence-electron chi connectivity index (χ2n) is 14.2. The number of hydrogen-bond acceptors (Lipinski definition) is 7. The second-order valence-corrected chi connectivity index (χ2v) is 14.2. The maximum atomic E-state index is 12.4. The second kappa shape index (κ2) is 40.3. The molecular weight excluding hydrogens is 665 g/mol. The molecule has 0 saturated carbocycles.